The molecule has 2 aromatic carbocycles. The summed E-state index contributed by atoms with van der Waals surface area (Å²) in [5.41, 5.74) is 4.56. The van der Waals surface area contributed by atoms with Crippen LogP contribution in [0, 0.1) is 5.92 Å². The molecule has 2 aliphatic heterocycles. The molecule has 25 heavy (non-hydrogen) atoms. The summed E-state index contributed by atoms with van der Waals surface area (Å²) in [7, 11) is 0. The second-order valence-electron chi connectivity index (χ2n) is 6.98. The fourth-order valence-corrected chi connectivity index (χ4v) is 3.91. The molecule has 4 rings (SSSR count). The van der Waals surface area contributed by atoms with Gasteiger partial charge in [0.25, 0.3) is 0 Å². The Morgan fingerprint density at radius 3 is 2.80 bits per heavy atom. The van der Waals surface area contributed by atoms with Gasteiger partial charge in [-0.05, 0) is 48.2 Å². The van der Waals surface area contributed by atoms with E-state index in [1.807, 2.05) is 29.2 Å². The van der Waals surface area contributed by atoms with Crippen LogP contribution < -0.4 is 10.2 Å². The van der Waals surface area contributed by atoms with Crippen LogP contribution in [-0.2, 0) is 11.2 Å². The van der Waals surface area contributed by atoms with Crippen molar-refractivity contribution < 1.29 is 9.18 Å². The number of rotatable bonds is 3. The number of nitrogens with one attached hydrogen (secondary N) is 1. The van der Waals surface area contributed by atoms with Crippen molar-refractivity contribution in [3.05, 3.63) is 54.1 Å². The molecule has 0 aromatic heterocycles. The van der Waals surface area contributed by atoms with Crippen LogP contribution in [0.1, 0.15) is 18.4 Å². The number of alkyl halides is 1. The topological polar surface area (TPSA) is 32.3 Å². The zero-order valence-electron chi connectivity index (χ0n) is 14.2. The Labute approximate surface area is 147 Å². The first-order chi connectivity index (χ1) is 12.2. The average Bonchev–Trinajstić information content (AvgIpc) is 3.07. The van der Waals surface area contributed by atoms with Gasteiger partial charge < -0.3 is 10.2 Å². The second-order valence-corrected chi connectivity index (χ2v) is 6.98. The first kappa shape index (κ1) is 16.3. The third-order valence-corrected chi connectivity index (χ3v) is 5.36. The summed E-state index contributed by atoms with van der Waals surface area (Å²) in [6.45, 7) is 1.87. The fraction of sp³-hybridized carbons (Fsp3) is 0.381. The Morgan fingerprint density at radius 2 is 2.00 bits per heavy atom. The van der Waals surface area contributed by atoms with Gasteiger partial charge in [0, 0.05) is 31.1 Å². The van der Waals surface area contributed by atoms with E-state index in [9.17, 15) is 9.18 Å². The van der Waals surface area contributed by atoms with E-state index in [4.69, 9.17) is 0 Å². The number of benzene rings is 2. The highest BCUT2D eigenvalue weighted by molar-refractivity contribution is 5.96. The van der Waals surface area contributed by atoms with Crippen LogP contribution >= 0.6 is 0 Å². The molecule has 0 radical (unpaired) electrons. The number of anilines is 1. The van der Waals surface area contributed by atoms with Gasteiger partial charge in [-0.15, -0.1) is 0 Å². The molecular formula is C21H23FN2O. The minimum atomic E-state index is -0.916. The molecular weight excluding hydrogens is 315 g/mol. The molecule has 2 heterocycles. The summed E-state index contributed by atoms with van der Waals surface area (Å²) >= 11 is 0. The van der Waals surface area contributed by atoms with Crippen molar-refractivity contribution in [3.8, 4) is 11.1 Å². The number of carbonyl (C=O) groups is 1. The quantitative estimate of drug-likeness (QED) is 0.928. The summed E-state index contributed by atoms with van der Waals surface area (Å²) in [5, 5.41) is 3.04. The largest absolute Gasteiger partial charge is 0.314 e. The Balaban J connectivity index is 1.51. The minimum Gasteiger partial charge on any atom is -0.314 e. The van der Waals surface area contributed by atoms with Gasteiger partial charge in [0.2, 0.25) is 5.91 Å². The molecule has 1 N–H and O–H groups in total. The lowest BCUT2D eigenvalue weighted by atomic mass is 9.92. The Bertz CT molecular complexity index is 762. The van der Waals surface area contributed by atoms with Crippen molar-refractivity contribution in [1.29, 1.82) is 0 Å². The number of hydrogen-bond donors (Lipinski definition) is 1. The first-order valence-electron chi connectivity index (χ1n) is 9.06. The fourth-order valence-electron chi connectivity index (χ4n) is 3.91. The SMILES string of the molecule is O=C(CC1CCNCC1F)N1CCc2cc(-c3ccccc3)ccc21. The van der Waals surface area contributed by atoms with Gasteiger partial charge in [0.1, 0.15) is 6.17 Å². The van der Waals surface area contributed by atoms with E-state index in [0.717, 1.165) is 25.1 Å². The van der Waals surface area contributed by atoms with E-state index >= 15 is 0 Å². The van der Waals surface area contributed by atoms with Crippen molar-refractivity contribution in [2.24, 2.45) is 5.92 Å². The molecule has 0 spiro atoms. The maximum atomic E-state index is 14.0. The molecule has 2 unspecified atom stereocenters. The standard InChI is InChI=1S/C21H23FN2O/c22-19-14-23-10-8-17(19)13-21(25)24-11-9-18-12-16(6-7-20(18)24)15-4-2-1-3-5-15/h1-7,12,17,19,23H,8-11,13-14H2. The summed E-state index contributed by atoms with van der Waals surface area (Å²) in [6.07, 6.45) is 0.997. The minimum absolute atomic E-state index is 0.0563. The molecule has 4 heteroatoms. The number of halogens is 1. The number of hydrogen-bond acceptors (Lipinski definition) is 2. The highest BCUT2D eigenvalue weighted by Crippen LogP contribution is 2.33. The molecule has 0 saturated carbocycles. The lowest BCUT2D eigenvalue weighted by Gasteiger charge is -2.28. The predicted molar refractivity (Wildman–Crippen MR) is 98.4 cm³/mol. The molecule has 0 bridgehead atoms. The predicted octanol–water partition coefficient (Wildman–Crippen LogP) is 3.58. The van der Waals surface area contributed by atoms with Crippen LogP contribution in [0.25, 0.3) is 11.1 Å². The molecule has 1 saturated heterocycles. The van der Waals surface area contributed by atoms with Gasteiger partial charge >= 0.3 is 0 Å². The monoisotopic (exact) mass is 338 g/mol. The molecule has 0 aliphatic carbocycles. The van der Waals surface area contributed by atoms with Crippen LogP contribution in [-0.4, -0.2) is 31.7 Å². The summed E-state index contributed by atoms with van der Waals surface area (Å²) < 4.78 is 14.0. The molecule has 2 aliphatic rings. The smallest absolute Gasteiger partial charge is 0.227 e. The van der Waals surface area contributed by atoms with E-state index in [0.29, 0.717) is 19.5 Å². The highest BCUT2D eigenvalue weighted by atomic mass is 19.1. The lowest BCUT2D eigenvalue weighted by Crippen LogP contribution is -2.41. The van der Waals surface area contributed by atoms with Crippen LogP contribution in [0.4, 0.5) is 10.1 Å². The highest BCUT2D eigenvalue weighted by Gasteiger charge is 2.31. The summed E-state index contributed by atoms with van der Waals surface area (Å²) in [5.74, 6) is -0.0952. The lowest BCUT2D eigenvalue weighted by molar-refractivity contribution is -0.120. The first-order valence-corrected chi connectivity index (χ1v) is 9.06. The maximum absolute atomic E-state index is 14.0. The number of fused-ring (bicyclic) bond motifs is 1. The van der Waals surface area contributed by atoms with Crippen LogP contribution in [0.5, 0.6) is 0 Å². The van der Waals surface area contributed by atoms with E-state index in [2.05, 4.69) is 29.6 Å². The van der Waals surface area contributed by atoms with Crippen molar-refractivity contribution in [1.82, 2.24) is 5.32 Å². The second kappa shape index (κ2) is 6.96. The van der Waals surface area contributed by atoms with Crippen LogP contribution in [0.15, 0.2) is 48.5 Å². The van der Waals surface area contributed by atoms with E-state index in [-0.39, 0.29) is 11.8 Å². The number of piperidine rings is 1. The van der Waals surface area contributed by atoms with Crippen molar-refractivity contribution >= 4 is 11.6 Å². The molecule has 2 aromatic rings. The summed E-state index contributed by atoms with van der Waals surface area (Å²) in [4.78, 5) is 14.6. The van der Waals surface area contributed by atoms with Crippen LogP contribution in [0.2, 0.25) is 0 Å². The summed E-state index contributed by atoms with van der Waals surface area (Å²) in [6, 6.07) is 16.6. The molecule has 2 atom stereocenters. The van der Waals surface area contributed by atoms with Gasteiger partial charge in [-0.25, -0.2) is 4.39 Å². The van der Waals surface area contributed by atoms with E-state index < -0.39 is 6.17 Å². The van der Waals surface area contributed by atoms with Gasteiger partial charge in [-0.3, -0.25) is 4.79 Å². The van der Waals surface area contributed by atoms with Gasteiger partial charge in [0.05, 0.1) is 0 Å². The van der Waals surface area contributed by atoms with Gasteiger partial charge in [-0.2, -0.15) is 0 Å². The number of nitrogens with zero attached hydrogens (tertiary/aromatic N) is 1. The van der Waals surface area contributed by atoms with Gasteiger partial charge in [0.15, 0.2) is 0 Å². The Morgan fingerprint density at radius 1 is 1.16 bits per heavy atom. The van der Waals surface area contributed by atoms with E-state index in [1.54, 1.807) is 0 Å². The normalized spacial score (nSPS) is 22.7. The molecule has 130 valence electrons. The van der Waals surface area contributed by atoms with Crippen molar-refractivity contribution in [3.63, 3.8) is 0 Å². The number of carbonyl (C=O) groups excluding carboxylic acids is 1. The third-order valence-electron chi connectivity index (χ3n) is 5.36. The number of amides is 1. The van der Waals surface area contributed by atoms with E-state index in [1.165, 1.54) is 16.7 Å². The maximum Gasteiger partial charge on any atom is 0.227 e. The van der Waals surface area contributed by atoms with Crippen molar-refractivity contribution in [2.45, 2.75) is 25.4 Å². The Kier molecular flexibility index (Phi) is 4.53. The van der Waals surface area contributed by atoms with Crippen molar-refractivity contribution in [2.75, 3.05) is 24.5 Å². The average molecular weight is 338 g/mol. The zero-order chi connectivity index (χ0) is 17.2. The Hall–Kier alpha value is -2.20. The molecule has 1 fully saturated rings. The molecule has 1 amide bonds. The van der Waals surface area contributed by atoms with Gasteiger partial charge in [-0.1, -0.05) is 36.4 Å². The molecule has 3 nitrogen and oxygen atoms in total. The zero-order valence-corrected chi connectivity index (χ0v) is 14.2. The van der Waals surface area contributed by atoms with Crippen LogP contribution in [0.3, 0.4) is 0 Å². The third kappa shape index (κ3) is 3.31.